The molecule has 2 unspecified atom stereocenters. The quantitative estimate of drug-likeness (QED) is 0.849. The van der Waals surface area contributed by atoms with Gasteiger partial charge in [-0.25, -0.2) is 0 Å². The van der Waals surface area contributed by atoms with Crippen LogP contribution in [0.15, 0.2) is 24.3 Å². The van der Waals surface area contributed by atoms with Crippen molar-refractivity contribution in [1.29, 1.82) is 0 Å². The van der Waals surface area contributed by atoms with Crippen molar-refractivity contribution in [3.05, 3.63) is 35.4 Å². The standard InChI is InChI=1S/C14H14F3NO2/c1-2-10-11(7-12(19)18-13(10)20)8-3-5-9(6-4-8)14(15,16)17/h3-6,10-11H,2,7H2,1H3,(H,18,19,20). The zero-order valence-electron chi connectivity index (χ0n) is 10.8. The summed E-state index contributed by atoms with van der Waals surface area (Å²) in [5, 5.41) is 2.26. The monoisotopic (exact) mass is 285 g/mol. The Morgan fingerprint density at radius 2 is 1.80 bits per heavy atom. The highest BCUT2D eigenvalue weighted by atomic mass is 19.4. The Kier molecular flexibility index (Phi) is 3.83. The van der Waals surface area contributed by atoms with E-state index in [1.54, 1.807) is 0 Å². The number of alkyl halides is 3. The van der Waals surface area contributed by atoms with Crippen LogP contribution >= 0.6 is 0 Å². The Hall–Kier alpha value is -1.85. The second kappa shape index (κ2) is 5.26. The fraction of sp³-hybridized carbons (Fsp3) is 0.429. The summed E-state index contributed by atoms with van der Waals surface area (Å²) < 4.78 is 37.5. The van der Waals surface area contributed by atoms with Gasteiger partial charge in [0.05, 0.1) is 5.56 Å². The highest BCUT2D eigenvalue weighted by Gasteiger charge is 2.36. The molecule has 2 rings (SSSR count). The third-order valence-corrected chi connectivity index (χ3v) is 3.60. The average Bonchev–Trinajstić information content (AvgIpc) is 2.37. The Bertz CT molecular complexity index is 522. The predicted molar refractivity (Wildman–Crippen MR) is 65.7 cm³/mol. The van der Waals surface area contributed by atoms with E-state index in [2.05, 4.69) is 5.32 Å². The minimum Gasteiger partial charge on any atom is -0.296 e. The van der Waals surface area contributed by atoms with E-state index < -0.39 is 11.7 Å². The van der Waals surface area contributed by atoms with Gasteiger partial charge in [0.25, 0.3) is 0 Å². The normalized spacial score (nSPS) is 23.6. The van der Waals surface area contributed by atoms with Crippen LogP contribution in [0.1, 0.15) is 36.8 Å². The number of halogens is 3. The molecule has 1 fully saturated rings. The van der Waals surface area contributed by atoms with E-state index in [0.717, 1.165) is 12.1 Å². The fourth-order valence-electron chi connectivity index (χ4n) is 2.55. The summed E-state index contributed by atoms with van der Waals surface area (Å²) >= 11 is 0. The lowest BCUT2D eigenvalue weighted by molar-refractivity contribution is -0.139. The van der Waals surface area contributed by atoms with E-state index >= 15 is 0 Å². The van der Waals surface area contributed by atoms with E-state index in [1.807, 2.05) is 6.92 Å². The molecule has 1 heterocycles. The van der Waals surface area contributed by atoms with E-state index in [9.17, 15) is 22.8 Å². The van der Waals surface area contributed by atoms with Gasteiger partial charge >= 0.3 is 6.18 Å². The minimum absolute atomic E-state index is 0.121. The molecule has 1 N–H and O–H groups in total. The molecule has 0 bridgehead atoms. The Balaban J connectivity index is 2.29. The van der Waals surface area contributed by atoms with Crippen molar-refractivity contribution in [3.8, 4) is 0 Å². The summed E-state index contributed by atoms with van der Waals surface area (Å²) in [4.78, 5) is 23.2. The van der Waals surface area contributed by atoms with Crippen molar-refractivity contribution in [2.45, 2.75) is 31.9 Å². The smallest absolute Gasteiger partial charge is 0.296 e. The molecule has 1 saturated heterocycles. The maximum atomic E-state index is 12.5. The van der Waals surface area contributed by atoms with Gasteiger partial charge < -0.3 is 0 Å². The molecule has 0 aromatic heterocycles. The third-order valence-electron chi connectivity index (χ3n) is 3.60. The molecule has 6 heteroatoms. The van der Waals surface area contributed by atoms with Crippen LogP contribution in [0.3, 0.4) is 0 Å². The van der Waals surface area contributed by atoms with Crippen LogP contribution in [0.4, 0.5) is 13.2 Å². The lowest BCUT2D eigenvalue weighted by Gasteiger charge is -2.29. The molecule has 0 saturated carbocycles. The molecule has 0 spiro atoms. The number of benzene rings is 1. The summed E-state index contributed by atoms with van der Waals surface area (Å²) in [5.41, 5.74) is -0.145. The second-order valence-electron chi connectivity index (χ2n) is 4.86. The summed E-state index contributed by atoms with van der Waals surface area (Å²) in [6.07, 6.45) is -3.73. The van der Waals surface area contributed by atoms with E-state index in [0.29, 0.717) is 12.0 Å². The summed E-state index contributed by atoms with van der Waals surface area (Å²) in [5.74, 6) is -1.48. The van der Waals surface area contributed by atoms with Crippen molar-refractivity contribution in [2.75, 3.05) is 0 Å². The van der Waals surface area contributed by atoms with Crippen molar-refractivity contribution < 1.29 is 22.8 Å². The summed E-state index contributed by atoms with van der Waals surface area (Å²) in [7, 11) is 0. The highest BCUT2D eigenvalue weighted by Crippen LogP contribution is 2.35. The highest BCUT2D eigenvalue weighted by molar-refractivity contribution is 5.99. The van der Waals surface area contributed by atoms with Gasteiger partial charge in [-0.15, -0.1) is 0 Å². The number of nitrogens with one attached hydrogen (secondary N) is 1. The predicted octanol–water partition coefficient (Wildman–Crippen LogP) is 2.86. The van der Waals surface area contributed by atoms with E-state index in [4.69, 9.17) is 0 Å². The zero-order chi connectivity index (χ0) is 14.9. The first kappa shape index (κ1) is 14.6. The maximum absolute atomic E-state index is 12.5. The topological polar surface area (TPSA) is 46.2 Å². The van der Waals surface area contributed by atoms with Gasteiger partial charge in [0, 0.05) is 18.3 Å². The fourth-order valence-corrected chi connectivity index (χ4v) is 2.55. The van der Waals surface area contributed by atoms with Gasteiger partial charge in [0.1, 0.15) is 0 Å². The Morgan fingerprint density at radius 3 is 2.30 bits per heavy atom. The molecule has 1 aliphatic heterocycles. The number of hydrogen-bond acceptors (Lipinski definition) is 2. The summed E-state index contributed by atoms with van der Waals surface area (Å²) in [6, 6.07) is 4.67. The number of carbonyl (C=O) groups excluding carboxylic acids is 2. The largest absolute Gasteiger partial charge is 0.416 e. The van der Waals surface area contributed by atoms with Crippen LogP contribution < -0.4 is 5.32 Å². The molecule has 20 heavy (non-hydrogen) atoms. The number of carbonyl (C=O) groups is 2. The van der Waals surface area contributed by atoms with Crippen LogP contribution in [0.2, 0.25) is 0 Å². The molecule has 0 aliphatic carbocycles. The average molecular weight is 285 g/mol. The molecule has 0 radical (unpaired) electrons. The molecule has 1 aliphatic rings. The first-order valence-electron chi connectivity index (χ1n) is 6.33. The number of amides is 2. The van der Waals surface area contributed by atoms with Crippen LogP contribution in [0, 0.1) is 5.92 Å². The molecule has 2 atom stereocenters. The summed E-state index contributed by atoms with van der Waals surface area (Å²) in [6.45, 7) is 1.82. The van der Waals surface area contributed by atoms with Crippen LogP contribution in [-0.4, -0.2) is 11.8 Å². The lowest BCUT2D eigenvalue weighted by Crippen LogP contribution is -2.44. The number of imide groups is 1. The minimum atomic E-state index is -4.39. The second-order valence-corrected chi connectivity index (χ2v) is 4.86. The van der Waals surface area contributed by atoms with Crippen LogP contribution in [0.25, 0.3) is 0 Å². The van der Waals surface area contributed by atoms with Gasteiger partial charge in [0.15, 0.2) is 0 Å². The molecule has 2 amide bonds. The zero-order valence-corrected chi connectivity index (χ0v) is 10.8. The third kappa shape index (κ3) is 2.84. The van der Waals surface area contributed by atoms with Crippen molar-refractivity contribution in [3.63, 3.8) is 0 Å². The van der Waals surface area contributed by atoms with Crippen LogP contribution in [-0.2, 0) is 15.8 Å². The molecule has 108 valence electrons. The number of piperidine rings is 1. The number of hydrogen-bond donors (Lipinski definition) is 1. The number of rotatable bonds is 2. The maximum Gasteiger partial charge on any atom is 0.416 e. The van der Waals surface area contributed by atoms with Gasteiger partial charge in [-0.05, 0) is 24.1 Å². The van der Waals surface area contributed by atoms with Crippen LogP contribution in [0.5, 0.6) is 0 Å². The molecule has 1 aromatic carbocycles. The van der Waals surface area contributed by atoms with E-state index in [1.165, 1.54) is 12.1 Å². The van der Waals surface area contributed by atoms with Crippen molar-refractivity contribution in [1.82, 2.24) is 5.32 Å². The molecular weight excluding hydrogens is 271 g/mol. The van der Waals surface area contributed by atoms with Gasteiger partial charge in [0.2, 0.25) is 11.8 Å². The first-order chi connectivity index (χ1) is 9.32. The SMILES string of the molecule is CCC1C(=O)NC(=O)CC1c1ccc(C(F)(F)F)cc1. The van der Waals surface area contributed by atoms with Crippen molar-refractivity contribution >= 4 is 11.8 Å². The van der Waals surface area contributed by atoms with Gasteiger partial charge in [-0.3, -0.25) is 14.9 Å². The molecule has 1 aromatic rings. The van der Waals surface area contributed by atoms with E-state index in [-0.39, 0.29) is 30.1 Å². The Labute approximate surface area is 114 Å². The van der Waals surface area contributed by atoms with Gasteiger partial charge in [-0.1, -0.05) is 19.1 Å². The Morgan fingerprint density at radius 1 is 1.20 bits per heavy atom. The molecule has 3 nitrogen and oxygen atoms in total. The first-order valence-corrected chi connectivity index (χ1v) is 6.33. The van der Waals surface area contributed by atoms with Crippen molar-refractivity contribution in [2.24, 2.45) is 5.92 Å². The van der Waals surface area contributed by atoms with Gasteiger partial charge in [-0.2, -0.15) is 13.2 Å². The lowest BCUT2D eigenvalue weighted by atomic mass is 9.79. The molecular formula is C14H14F3NO2.